The van der Waals surface area contributed by atoms with Crippen molar-refractivity contribution in [3.05, 3.63) is 23.4 Å². The second kappa shape index (κ2) is 4.54. The van der Waals surface area contributed by atoms with Crippen LogP contribution in [0.1, 0.15) is 26.2 Å². The highest BCUT2D eigenvalue weighted by molar-refractivity contribution is 6.03. The van der Waals surface area contributed by atoms with Gasteiger partial charge in [0.1, 0.15) is 11.4 Å². The zero-order chi connectivity index (χ0) is 15.2. The first-order chi connectivity index (χ1) is 9.93. The van der Waals surface area contributed by atoms with E-state index >= 15 is 0 Å². The predicted octanol–water partition coefficient (Wildman–Crippen LogP) is 0.667. The number of amidine groups is 1. The number of esters is 2. The van der Waals surface area contributed by atoms with E-state index < -0.39 is 17.8 Å². The molecule has 0 aromatic carbocycles. The Morgan fingerprint density at radius 3 is 2.38 bits per heavy atom. The Kier molecular flexibility index (Phi) is 2.93. The summed E-state index contributed by atoms with van der Waals surface area (Å²) in [5.41, 5.74) is 0.827. The molecule has 3 rings (SSSR count). The second-order valence-electron chi connectivity index (χ2n) is 5.07. The molecule has 7 heteroatoms. The molecule has 2 heterocycles. The van der Waals surface area contributed by atoms with Crippen LogP contribution in [-0.2, 0) is 23.9 Å². The zero-order valence-electron chi connectivity index (χ0n) is 11.7. The van der Waals surface area contributed by atoms with Crippen LogP contribution in [-0.4, -0.2) is 41.4 Å². The molecule has 0 fully saturated rings. The molecule has 21 heavy (non-hydrogen) atoms. The fourth-order valence-corrected chi connectivity index (χ4v) is 2.71. The van der Waals surface area contributed by atoms with Crippen LogP contribution >= 0.6 is 0 Å². The van der Waals surface area contributed by atoms with Crippen molar-refractivity contribution in [2.75, 3.05) is 7.05 Å². The fraction of sp³-hybridized carbons (Fsp3) is 0.429. The first-order valence-corrected chi connectivity index (χ1v) is 6.64. The quantitative estimate of drug-likeness (QED) is 0.609. The molecular weight excluding hydrogens is 276 g/mol. The van der Waals surface area contributed by atoms with Crippen molar-refractivity contribution >= 4 is 23.6 Å². The molecule has 0 aromatic heterocycles. The third-order valence-corrected chi connectivity index (χ3v) is 3.73. The van der Waals surface area contributed by atoms with Crippen LogP contribution in [0.3, 0.4) is 0 Å². The Balaban J connectivity index is 2.19. The maximum absolute atomic E-state index is 12.3. The smallest absolute Gasteiger partial charge is 0.395 e. The van der Waals surface area contributed by atoms with Gasteiger partial charge < -0.3 is 14.4 Å². The van der Waals surface area contributed by atoms with Crippen molar-refractivity contribution in [2.24, 2.45) is 4.99 Å². The molecular formula is C14H14N2O5. The average molecular weight is 290 g/mol. The molecule has 0 N–H and O–H groups in total. The molecule has 1 aliphatic carbocycles. The number of ether oxygens (including phenoxy) is 2. The first-order valence-electron chi connectivity index (χ1n) is 6.64. The molecule has 3 aliphatic rings. The number of rotatable bonds is 0. The van der Waals surface area contributed by atoms with E-state index in [4.69, 9.17) is 9.47 Å². The van der Waals surface area contributed by atoms with Gasteiger partial charge in [-0.1, -0.05) is 0 Å². The maximum Gasteiger partial charge on any atom is 0.396 e. The minimum Gasteiger partial charge on any atom is -0.395 e. The second-order valence-corrected chi connectivity index (χ2v) is 5.07. The van der Waals surface area contributed by atoms with Gasteiger partial charge in [-0.25, -0.2) is 9.59 Å². The van der Waals surface area contributed by atoms with Crippen LogP contribution in [0.25, 0.3) is 0 Å². The highest BCUT2D eigenvalue weighted by atomic mass is 16.8. The van der Waals surface area contributed by atoms with Gasteiger partial charge in [0.05, 0.1) is 0 Å². The van der Waals surface area contributed by atoms with Crippen molar-refractivity contribution in [1.29, 1.82) is 0 Å². The van der Waals surface area contributed by atoms with Gasteiger partial charge >= 0.3 is 17.8 Å². The van der Waals surface area contributed by atoms with E-state index in [2.05, 4.69) is 4.99 Å². The number of hydrogen-bond acceptors (Lipinski definition) is 7. The topological polar surface area (TPSA) is 85.3 Å². The predicted molar refractivity (Wildman–Crippen MR) is 70.8 cm³/mol. The molecule has 0 atom stereocenters. The Morgan fingerprint density at radius 2 is 1.76 bits per heavy atom. The zero-order valence-corrected chi connectivity index (χ0v) is 11.7. The van der Waals surface area contributed by atoms with Gasteiger partial charge in [-0.2, -0.15) is 4.99 Å². The molecule has 1 spiro atoms. The number of carbonyl (C=O) groups is 3. The summed E-state index contributed by atoms with van der Waals surface area (Å²) in [5, 5.41) is 0. The number of carbonyl (C=O) groups excluding carboxylic acids is 3. The van der Waals surface area contributed by atoms with Crippen molar-refractivity contribution in [3.63, 3.8) is 0 Å². The summed E-state index contributed by atoms with van der Waals surface area (Å²) in [6, 6.07) is 0. The molecule has 0 bridgehead atoms. The van der Waals surface area contributed by atoms with Gasteiger partial charge in [0.2, 0.25) is 0 Å². The van der Waals surface area contributed by atoms with Crippen molar-refractivity contribution in [2.45, 2.75) is 32.1 Å². The third-order valence-electron chi connectivity index (χ3n) is 3.73. The van der Waals surface area contributed by atoms with E-state index in [0.717, 1.165) is 12.2 Å². The number of ketones is 1. The molecule has 0 amide bonds. The summed E-state index contributed by atoms with van der Waals surface area (Å²) >= 11 is 0. The lowest BCUT2D eigenvalue weighted by Crippen LogP contribution is -2.49. The number of hydrogen-bond donors (Lipinski definition) is 0. The van der Waals surface area contributed by atoms with E-state index in [1.165, 1.54) is 0 Å². The van der Waals surface area contributed by atoms with Crippen molar-refractivity contribution < 1.29 is 23.9 Å². The van der Waals surface area contributed by atoms with E-state index in [1.54, 1.807) is 18.9 Å². The number of nitrogens with zero attached hydrogens (tertiary/aromatic N) is 2. The highest BCUT2D eigenvalue weighted by Gasteiger charge is 2.52. The van der Waals surface area contributed by atoms with Gasteiger partial charge in [0.25, 0.3) is 0 Å². The van der Waals surface area contributed by atoms with Gasteiger partial charge in [-0.05, 0) is 19.8 Å². The standard InChI is InChI=1S/C14H14N2O5/c1-8-15-14(20-11(18)6-7-12(19)21-14)13-9(16(8)2)4-3-5-10(13)17/h6-7H,3-5H2,1-2H3. The first kappa shape index (κ1) is 13.5. The van der Waals surface area contributed by atoms with Crippen LogP contribution in [0.5, 0.6) is 0 Å². The molecule has 0 saturated carbocycles. The molecule has 110 valence electrons. The summed E-state index contributed by atoms with van der Waals surface area (Å²) in [6.45, 7) is 1.70. The fourth-order valence-electron chi connectivity index (χ4n) is 2.71. The minimum absolute atomic E-state index is 0.146. The van der Waals surface area contributed by atoms with Crippen molar-refractivity contribution in [3.8, 4) is 0 Å². The summed E-state index contributed by atoms with van der Waals surface area (Å²) in [4.78, 5) is 41.7. The number of fused-ring (bicyclic) bond motifs is 1. The van der Waals surface area contributed by atoms with Crippen LogP contribution in [0, 0.1) is 0 Å². The minimum atomic E-state index is -1.99. The number of allylic oxidation sites excluding steroid dienone is 1. The molecule has 0 radical (unpaired) electrons. The van der Waals surface area contributed by atoms with E-state index in [9.17, 15) is 14.4 Å². The Labute approximate surface area is 120 Å². The molecule has 0 unspecified atom stereocenters. The lowest BCUT2D eigenvalue weighted by atomic mass is 9.90. The number of aliphatic imine (C=N–C) groups is 1. The summed E-state index contributed by atoms with van der Waals surface area (Å²) in [5.74, 6) is -3.24. The molecule has 0 aromatic rings. The van der Waals surface area contributed by atoms with Crippen molar-refractivity contribution in [1.82, 2.24) is 4.90 Å². The Bertz CT molecular complexity index is 624. The Morgan fingerprint density at radius 1 is 1.14 bits per heavy atom. The van der Waals surface area contributed by atoms with Crippen LogP contribution in [0.2, 0.25) is 0 Å². The van der Waals surface area contributed by atoms with Crippen LogP contribution in [0.4, 0.5) is 0 Å². The summed E-state index contributed by atoms with van der Waals surface area (Å²) in [6.07, 6.45) is 3.58. The highest BCUT2D eigenvalue weighted by Crippen LogP contribution is 2.40. The largest absolute Gasteiger partial charge is 0.396 e. The molecule has 7 nitrogen and oxygen atoms in total. The summed E-state index contributed by atoms with van der Waals surface area (Å²) in [7, 11) is 1.78. The van der Waals surface area contributed by atoms with Gasteiger partial charge in [0.15, 0.2) is 5.78 Å². The maximum atomic E-state index is 12.3. The normalized spacial score (nSPS) is 24.4. The SMILES string of the molecule is CC1=NC2(OC(=O)C=CC(=O)O2)C2=C(CCCC2=O)N1C. The Hall–Kier alpha value is -2.44. The van der Waals surface area contributed by atoms with Gasteiger partial charge in [-0.3, -0.25) is 4.79 Å². The molecule has 0 saturated heterocycles. The van der Waals surface area contributed by atoms with Gasteiger partial charge in [-0.15, -0.1) is 0 Å². The third kappa shape index (κ3) is 2.05. The molecule has 2 aliphatic heterocycles. The van der Waals surface area contributed by atoms with Gasteiger partial charge in [0, 0.05) is 31.3 Å². The lowest BCUT2D eigenvalue weighted by molar-refractivity contribution is -0.205. The van der Waals surface area contributed by atoms with E-state index in [-0.39, 0.29) is 11.4 Å². The van der Waals surface area contributed by atoms with E-state index in [1.807, 2.05) is 0 Å². The lowest BCUT2D eigenvalue weighted by Gasteiger charge is -2.39. The van der Waals surface area contributed by atoms with Crippen LogP contribution in [0.15, 0.2) is 28.4 Å². The van der Waals surface area contributed by atoms with Crippen LogP contribution < -0.4 is 0 Å². The number of Topliss-reactive ketones (excluding diaryl/α,β-unsaturated/α-hetero) is 1. The average Bonchev–Trinajstić information content (AvgIpc) is 2.55. The van der Waals surface area contributed by atoms with E-state index in [0.29, 0.717) is 30.8 Å². The monoisotopic (exact) mass is 290 g/mol. The summed E-state index contributed by atoms with van der Waals surface area (Å²) < 4.78 is 10.4.